The molecule has 2 aromatic heterocycles. The maximum Gasteiger partial charge on any atom is 0.252 e. The molecule has 3 heterocycles. The number of carbonyl (C=O) groups excluding carboxylic acids is 1. The van der Waals surface area contributed by atoms with Gasteiger partial charge in [-0.05, 0) is 48.4 Å². The summed E-state index contributed by atoms with van der Waals surface area (Å²) in [7, 11) is -3.51. The van der Waals surface area contributed by atoms with Crippen LogP contribution >= 0.6 is 11.3 Å². The van der Waals surface area contributed by atoms with Gasteiger partial charge in [0.05, 0.1) is 17.8 Å². The van der Waals surface area contributed by atoms with Crippen molar-refractivity contribution in [2.24, 2.45) is 5.92 Å². The van der Waals surface area contributed by atoms with Crippen LogP contribution in [0.15, 0.2) is 64.4 Å². The molecule has 1 unspecified atom stereocenters. The number of hydrogen-bond donors (Lipinski definition) is 1. The van der Waals surface area contributed by atoms with Gasteiger partial charge < -0.3 is 5.32 Å². The summed E-state index contributed by atoms with van der Waals surface area (Å²) in [5, 5.41) is 9.08. The van der Waals surface area contributed by atoms with E-state index < -0.39 is 10.0 Å². The van der Waals surface area contributed by atoms with E-state index in [1.807, 2.05) is 41.2 Å². The average Bonchev–Trinajstić information content (AvgIpc) is 3.47. The molecule has 0 radical (unpaired) electrons. The molecular formula is C21H24N4O3S2. The lowest BCUT2D eigenvalue weighted by molar-refractivity contribution is -0.126. The molecule has 9 heteroatoms. The summed E-state index contributed by atoms with van der Waals surface area (Å²) in [4.78, 5) is 12.6. The van der Waals surface area contributed by atoms with Crippen molar-refractivity contribution in [3.8, 4) is 5.69 Å². The van der Waals surface area contributed by atoms with E-state index in [-0.39, 0.29) is 18.4 Å². The van der Waals surface area contributed by atoms with Gasteiger partial charge in [-0.3, -0.25) is 4.79 Å². The van der Waals surface area contributed by atoms with Gasteiger partial charge in [0.1, 0.15) is 4.21 Å². The Bertz CT molecular complexity index is 1080. The summed E-state index contributed by atoms with van der Waals surface area (Å²) < 4.78 is 29.0. The third kappa shape index (κ3) is 4.63. The Balaban J connectivity index is 1.30. The summed E-state index contributed by atoms with van der Waals surface area (Å²) in [5.41, 5.74) is 2.02. The zero-order valence-corrected chi connectivity index (χ0v) is 18.1. The quantitative estimate of drug-likeness (QED) is 0.607. The minimum Gasteiger partial charge on any atom is -0.355 e. The molecule has 1 aromatic carbocycles. The predicted octanol–water partition coefficient (Wildman–Crippen LogP) is 2.69. The van der Waals surface area contributed by atoms with Gasteiger partial charge >= 0.3 is 0 Å². The molecule has 1 atom stereocenters. The monoisotopic (exact) mass is 444 g/mol. The Morgan fingerprint density at radius 3 is 2.80 bits per heavy atom. The van der Waals surface area contributed by atoms with Crippen LogP contribution in [-0.4, -0.2) is 48.0 Å². The van der Waals surface area contributed by atoms with E-state index in [9.17, 15) is 13.2 Å². The van der Waals surface area contributed by atoms with Gasteiger partial charge in [-0.1, -0.05) is 24.3 Å². The molecule has 1 fully saturated rings. The standard InChI is InChI=1S/C21H24N4O3S2/c26-21(18-6-4-12-24(16-18)30(27,28)20-9-5-13-29-20)22-11-10-17-14-23-25(15-17)19-7-2-1-3-8-19/h1-3,5,7-9,13-15,18H,4,6,10-12,16H2,(H,22,26). The number of thiophene rings is 1. The molecule has 1 aliphatic rings. The number of hydrogen-bond acceptors (Lipinski definition) is 5. The molecule has 0 saturated carbocycles. The molecule has 1 saturated heterocycles. The Labute approximate surface area is 180 Å². The summed E-state index contributed by atoms with van der Waals surface area (Å²) in [6.45, 7) is 1.19. The van der Waals surface area contributed by atoms with Crippen molar-refractivity contribution in [1.29, 1.82) is 0 Å². The highest BCUT2D eigenvalue weighted by atomic mass is 32.2. The molecule has 30 heavy (non-hydrogen) atoms. The van der Waals surface area contributed by atoms with Crippen molar-refractivity contribution in [2.45, 2.75) is 23.5 Å². The number of piperidine rings is 1. The Kier molecular flexibility index (Phi) is 6.31. The lowest BCUT2D eigenvalue weighted by Crippen LogP contribution is -2.45. The number of sulfonamides is 1. The van der Waals surface area contributed by atoms with E-state index in [0.717, 1.165) is 11.3 Å². The van der Waals surface area contributed by atoms with Gasteiger partial charge in [0.25, 0.3) is 10.0 Å². The molecule has 3 aromatic rings. The molecular weight excluding hydrogens is 420 g/mol. The molecule has 0 bridgehead atoms. The summed E-state index contributed by atoms with van der Waals surface area (Å²) in [6.07, 6.45) is 5.82. The molecule has 1 amide bonds. The van der Waals surface area contributed by atoms with Gasteiger partial charge in [0.2, 0.25) is 5.91 Å². The molecule has 4 rings (SSSR count). The van der Waals surface area contributed by atoms with Gasteiger partial charge in [0, 0.05) is 25.8 Å². The number of benzene rings is 1. The topological polar surface area (TPSA) is 84.3 Å². The van der Waals surface area contributed by atoms with Gasteiger partial charge in [-0.25, -0.2) is 13.1 Å². The van der Waals surface area contributed by atoms with E-state index in [2.05, 4.69) is 10.4 Å². The van der Waals surface area contributed by atoms with Gasteiger partial charge in [0.15, 0.2) is 0 Å². The first-order chi connectivity index (χ1) is 14.5. The SMILES string of the molecule is O=C(NCCc1cnn(-c2ccccc2)c1)C1CCCN(S(=O)(=O)c2cccs2)C1. The number of aromatic nitrogens is 2. The zero-order valence-electron chi connectivity index (χ0n) is 16.5. The fraction of sp³-hybridized carbons (Fsp3) is 0.333. The van der Waals surface area contributed by atoms with E-state index in [4.69, 9.17) is 0 Å². The molecule has 158 valence electrons. The highest BCUT2D eigenvalue weighted by molar-refractivity contribution is 7.91. The number of para-hydroxylation sites is 1. The second-order valence-corrected chi connectivity index (χ2v) is 10.4. The number of rotatable bonds is 7. The minimum absolute atomic E-state index is 0.0865. The average molecular weight is 445 g/mol. The molecule has 7 nitrogen and oxygen atoms in total. The zero-order chi connectivity index (χ0) is 21.0. The second kappa shape index (κ2) is 9.11. The highest BCUT2D eigenvalue weighted by Gasteiger charge is 2.33. The Morgan fingerprint density at radius 2 is 2.03 bits per heavy atom. The number of carbonyl (C=O) groups is 1. The van der Waals surface area contributed by atoms with Crippen LogP contribution in [0, 0.1) is 5.92 Å². The lowest BCUT2D eigenvalue weighted by Gasteiger charge is -2.30. The fourth-order valence-corrected chi connectivity index (χ4v) is 6.27. The lowest BCUT2D eigenvalue weighted by atomic mass is 9.99. The van der Waals surface area contributed by atoms with Crippen LogP contribution in [0.4, 0.5) is 0 Å². The van der Waals surface area contributed by atoms with Crippen LogP contribution in [0.5, 0.6) is 0 Å². The van der Waals surface area contributed by atoms with Crippen molar-refractivity contribution in [3.63, 3.8) is 0 Å². The predicted molar refractivity (Wildman–Crippen MR) is 116 cm³/mol. The molecule has 1 N–H and O–H groups in total. The summed E-state index contributed by atoms with van der Waals surface area (Å²) in [6, 6.07) is 13.2. The Morgan fingerprint density at radius 1 is 1.20 bits per heavy atom. The molecule has 0 aliphatic carbocycles. The van der Waals surface area contributed by atoms with Crippen LogP contribution in [0.3, 0.4) is 0 Å². The first kappa shape index (κ1) is 20.8. The van der Waals surface area contributed by atoms with E-state index in [0.29, 0.717) is 36.6 Å². The normalized spacial score (nSPS) is 17.7. The fourth-order valence-electron chi connectivity index (χ4n) is 3.60. The van der Waals surface area contributed by atoms with E-state index in [1.165, 1.54) is 15.6 Å². The van der Waals surface area contributed by atoms with Crippen LogP contribution in [0.1, 0.15) is 18.4 Å². The van der Waals surface area contributed by atoms with Crippen LogP contribution in [0.25, 0.3) is 5.69 Å². The van der Waals surface area contributed by atoms with Crippen LogP contribution in [0.2, 0.25) is 0 Å². The maximum absolute atomic E-state index is 12.7. The largest absolute Gasteiger partial charge is 0.355 e. The Hall–Kier alpha value is -2.49. The molecule has 1 aliphatic heterocycles. The van der Waals surface area contributed by atoms with Crippen molar-refractivity contribution in [2.75, 3.05) is 19.6 Å². The summed E-state index contributed by atoms with van der Waals surface area (Å²) >= 11 is 1.21. The number of nitrogens with zero attached hydrogens (tertiary/aromatic N) is 3. The third-order valence-corrected chi connectivity index (χ3v) is 8.45. The van der Waals surface area contributed by atoms with Gasteiger partial charge in [-0.2, -0.15) is 9.40 Å². The number of nitrogens with one attached hydrogen (secondary N) is 1. The van der Waals surface area contributed by atoms with E-state index >= 15 is 0 Å². The summed E-state index contributed by atoms with van der Waals surface area (Å²) in [5.74, 6) is -0.405. The number of amides is 1. The van der Waals surface area contributed by atoms with Crippen molar-refractivity contribution < 1.29 is 13.2 Å². The second-order valence-electron chi connectivity index (χ2n) is 7.30. The maximum atomic E-state index is 12.7. The van der Waals surface area contributed by atoms with Crippen molar-refractivity contribution in [3.05, 3.63) is 65.8 Å². The smallest absolute Gasteiger partial charge is 0.252 e. The molecule has 0 spiro atoms. The van der Waals surface area contributed by atoms with Crippen LogP contribution in [-0.2, 0) is 21.2 Å². The van der Waals surface area contributed by atoms with Crippen molar-refractivity contribution in [1.82, 2.24) is 19.4 Å². The minimum atomic E-state index is -3.51. The third-order valence-electron chi connectivity index (χ3n) is 5.21. The first-order valence-electron chi connectivity index (χ1n) is 9.94. The van der Waals surface area contributed by atoms with E-state index in [1.54, 1.807) is 23.7 Å². The van der Waals surface area contributed by atoms with Crippen LogP contribution < -0.4 is 5.32 Å². The highest BCUT2D eigenvalue weighted by Crippen LogP contribution is 2.26. The first-order valence-corrected chi connectivity index (χ1v) is 12.3. The van der Waals surface area contributed by atoms with Crippen molar-refractivity contribution >= 4 is 27.3 Å². The van der Waals surface area contributed by atoms with Gasteiger partial charge in [-0.15, -0.1) is 11.3 Å².